The second-order valence-corrected chi connectivity index (χ2v) is 4.08. The summed E-state index contributed by atoms with van der Waals surface area (Å²) in [6.07, 6.45) is -0.230. The number of para-hydroxylation sites is 1. The Morgan fingerprint density at radius 3 is 2.79 bits per heavy atom. The fourth-order valence-electron chi connectivity index (χ4n) is 1.85. The van der Waals surface area contributed by atoms with Crippen LogP contribution >= 0.6 is 0 Å². The van der Waals surface area contributed by atoms with Crippen LogP contribution < -0.4 is 10.9 Å². The van der Waals surface area contributed by atoms with Gasteiger partial charge in [-0.1, -0.05) is 12.1 Å². The van der Waals surface area contributed by atoms with E-state index in [1.165, 1.54) is 0 Å². The van der Waals surface area contributed by atoms with E-state index in [9.17, 15) is 14.7 Å². The molecule has 0 aliphatic carbocycles. The van der Waals surface area contributed by atoms with Crippen molar-refractivity contribution < 1.29 is 15.0 Å². The van der Waals surface area contributed by atoms with Crippen molar-refractivity contribution in [3.63, 3.8) is 0 Å². The molecule has 0 fully saturated rings. The molecular formula is C13H14N2O4. The van der Waals surface area contributed by atoms with Crippen LogP contribution in [-0.4, -0.2) is 34.3 Å². The van der Waals surface area contributed by atoms with E-state index in [4.69, 9.17) is 5.11 Å². The number of pyridine rings is 1. The number of amides is 1. The molecular weight excluding hydrogens is 248 g/mol. The number of aromatic hydroxyl groups is 1. The van der Waals surface area contributed by atoms with Crippen LogP contribution in [0.25, 0.3) is 10.9 Å². The summed E-state index contributed by atoms with van der Waals surface area (Å²) in [5.74, 6) is -0.608. The summed E-state index contributed by atoms with van der Waals surface area (Å²) in [5.41, 5.74) is 0.0500. The lowest BCUT2D eigenvalue weighted by atomic mass is 10.1. The van der Waals surface area contributed by atoms with Crippen molar-refractivity contribution in [3.8, 4) is 5.75 Å². The smallest absolute Gasteiger partial charge is 0.255 e. The van der Waals surface area contributed by atoms with Gasteiger partial charge in [0.05, 0.1) is 24.1 Å². The van der Waals surface area contributed by atoms with Crippen LogP contribution in [0.5, 0.6) is 5.75 Å². The van der Waals surface area contributed by atoms with E-state index >= 15 is 0 Å². The first-order valence-electron chi connectivity index (χ1n) is 5.84. The van der Waals surface area contributed by atoms with Crippen molar-refractivity contribution in [2.24, 2.45) is 0 Å². The van der Waals surface area contributed by atoms with Gasteiger partial charge in [0, 0.05) is 11.9 Å². The number of hydrogen-bond acceptors (Lipinski definition) is 4. The average Bonchev–Trinajstić information content (AvgIpc) is 2.41. The van der Waals surface area contributed by atoms with Gasteiger partial charge >= 0.3 is 0 Å². The second kappa shape index (κ2) is 5.53. The highest BCUT2D eigenvalue weighted by Gasteiger charge is 2.14. The van der Waals surface area contributed by atoms with Crippen LogP contribution in [0, 0.1) is 0 Å². The van der Waals surface area contributed by atoms with Crippen LogP contribution in [0.1, 0.15) is 5.56 Å². The van der Waals surface area contributed by atoms with E-state index in [1.807, 2.05) is 0 Å². The molecule has 1 aromatic heterocycles. The summed E-state index contributed by atoms with van der Waals surface area (Å²) in [5, 5.41) is 21.6. The van der Waals surface area contributed by atoms with E-state index in [-0.39, 0.29) is 30.9 Å². The number of benzene rings is 1. The fourth-order valence-corrected chi connectivity index (χ4v) is 1.85. The predicted octanol–water partition coefficient (Wildman–Crippen LogP) is -0.115. The van der Waals surface area contributed by atoms with Crippen molar-refractivity contribution in [2.45, 2.75) is 6.42 Å². The zero-order chi connectivity index (χ0) is 13.8. The Kier molecular flexibility index (Phi) is 3.82. The Hall–Kier alpha value is -2.34. The van der Waals surface area contributed by atoms with Gasteiger partial charge in [0.15, 0.2) is 0 Å². The summed E-state index contributed by atoms with van der Waals surface area (Å²) in [6, 6.07) is 6.81. The van der Waals surface area contributed by atoms with Crippen molar-refractivity contribution in [2.75, 3.05) is 13.2 Å². The van der Waals surface area contributed by atoms with Gasteiger partial charge in [0.2, 0.25) is 5.91 Å². The van der Waals surface area contributed by atoms with Gasteiger partial charge in [0.1, 0.15) is 5.75 Å². The molecule has 0 spiro atoms. The van der Waals surface area contributed by atoms with Crippen LogP contribution in [0.15, 0.2) is 29.1 Å². The predicted molar refractivity (Wildman–Crippen MR) is 70.0 cm³/mol. The Bertz CT molecular complexity index is 663. The summed E-state index contributed by atoms with van der Waals surface area (Å²) in [4.78, 5) is 26.0. The zero-order valence-electron chi connectivity index (χ0n) is 10.1. The molecule has 6 nitrogen and oxygen atoms in total. The molecule has 0 atom stereocenters. The maximum Gasteiger partial charge on any atom is 0.255 e. The lowest BCUT2D eigenvalue weighted by Crippen LogP contribution is -2.30. The normalized spacial score (nSPS) is 10.6. The molecule has 0 bridgehead atoms. The second-order valence-electron chi connectivity index (χ2n) is 4.08. The van der Waals surface area contributed by atoms with Crippen LogP contribution in [0.2, 0.25) is 0 Å². The third-order valence-electron chi connectivity index (χ3n) is 2.76. The van der Waals surface area contributed by atoms with Crippen molar-refractivity contribution in [3.05, 3.63) is 40.2 Å². The Labute approximate surface area is 108 Å². The molecule has 2 rings (SSSR count). The van der Waals surface area contributed by atoms with E-state index in [1.54, 1.807) is 24.3 Å². The third kappa shape index (κ3) is 2.74. The molecule has 0 unspecified atom stereocenters. The lowest BCUT2D eigenvalue weighted by molar-refractivity contribution is -0.120. The highest BCUT2D eigenvalue weighted by Crippen LogP contribution is 2.24. The highest BCUT2D eigenvalue weighted by atomic mass is 16.3. The van der Waals surface area contributed by atoms with E-state index in [0.717, 1.165) is 0 Å². The molecule has 100 valence electrons. The SMILES string of the molecule is O=C(Cc1c(O)c2ccccc2[nH]c1=O)NCCO. The van der Waals surface area contributed by atoms with Crippen LogP contribution in [-0.2, 0) is 11.2 Å². The van der Waals surface area contributed by atoms with E-state index in [2.05, 4.69) is 10.3 Å². The van der Waals surface area contributed by atoms with Gasteiger partial charge in [-0.2, -0.15) is 0 Å². The number of hydrogen-bond donors (Lipinski definition) is 4. The quantitative estimate of drug-likeness (QED) is 0.617. The highest BCUT2D eigenvalue weighted by molar-refractivity contribution is 5.88. The Morgan fingerprint density at radius 1 is 1.32 bits per heavy atom. The number of aromatic nitrogens is 1. The van der Waals surface area contributed by atoms with Gasteiger partial charge < -0.3 is 20.5 Å². The number of carbonyl (C=O) groups is 1. The molecule has 0 saturated heterocycles. The van der Waals surface area contributed by atoms with E-state index < -0.39 is 11.5 Å². The first-order chi connectivity index (χ1) is 9.13. The molecule has 2 aromatic rings. The van der Waals surface area contributed by atoms with E-state index in [0.29, 0.717) is 10.9 Å². The lowest BCUT2D eigenvalue weighted by Gasteiger charge is -2.07. The van der Waals surface area contributed by atoms with Crippen molar-refractivity contribution >= 4 is 16.8 Å². The van der Waals surface area contributed by atoms with Crippen molar-refractivity contribution in [1.82, 2.24) is 10.3 Å². The molecule has 6 heteroatoms. The maximum atomic E-state index is 11.8. The largest absolute Gasteiger partial charge is 0.507 e. The van der Waals surface area contributed by atoms with Gasteiger partial charge in [-0.05, 0) is 12.1 Å². The number of rotatable bonds is 4. The van der Waals surface area contributed by atoms with Gasteiger partial charge in [-0.3, -0.25) is 9.59 Å². The number of aliphatic hydroxyl groups is 1. The van der Waals surface area contributed by atoms with Gasteiger partial charge in [-0.15, -0.1) is 0 Å². The number of fused-ring (bicyclic) bond motifs is 1. The minimum absolute atomic E-state index is 0.0224. The summed E-state index contributed by atoms with van der Waals surface area (Å²) >= 11 is 0. The molecule has 4 N–H and O–H groups in total. The molecule has 19 heavy (non-hydrogen) atoms. The average molecular weight is 262 g/mol. The molecule has 0 radical (unpaired) electrons. The molecule has 0 aliphatic rings. The Morgan fingerprint density at radius 2 is 2.05 bits per heavy atom. The molecule has 1 heterocycles. The number of H-pyrrole nitrogens is 1. The first-order valence-corrected chi connectivity index (χ1v) is 5.84. The molecule has 1 aromatic carbocycles. The maximum absolute atomic E-state index is 11.8. The van der Waals surface area contributed by atoms with Crippen LogP contribution in [0.4, 0.5) is 0 Å². The summed E-state index contributed by atoms with van der Waals surface area (Å²) in [6.45, 7) is -0.0586. The molecule has 0 aliphatic heterocycles. The van der Waals surface area contributed by atoms with Gasteiger partial charge in [0.25, 0.3) is 5.56 Å². The third-order valence-corrected chi connectivity index (χ3v) is 2.76. The monoisotopic (exact) mass is 262 g/mol. The Balaban J connectivity index is 2.38. The molecule has 1 amide bonds. The number of nitrogens with one attached hydrogen (secondary N) is 2. The first kappa shape index (κ1) is 13.1. The van der Waals surface area contributed by atoms with Crippen molar-refractivity contribution in [1.29, 1.82) is 0 Å². The minimum Gasteiger partial charge on any atom is -0.507 e. The summed E-state index contributed by atoms with van der Waals surface area (Å²) in [7, 11) is 0. The molecule has 0 saturated carbocycles. The number of aliphatic hydroxyl groups excluding tert-OH is 1. The zero-order valence-corrected chi connectivity index (χ0v) is 10.1. The minimum atomic E-state index is -0.490. The van der Waals surface area contributed by atoms with Crippen LogP contribution in [0.3, 0.4) is 0 Å². The number of aromatic amines is 1. The fraction of sp³-hybridized carbons (Fsp3) is 0.231. The standard InChI is InChI=1S/C13H14N2O4/c16-6-5-14-11(17)7-9-12(18)8-3-1-2-4-10(8)15-13(9)19/h1-4,16H,5-7H2,(H,14,17)(H2,15,18,19). The summed E-state index contributed by atoms with van der Waals surface area (Å²) < 4.78 is 0. The topological polar surface area (TPSA) is 102 Å². The van der Waals surface area contributed by atoms with Gasteiger partial charge in [-0.25, -0.2) is 0 Å². The number of carbonyl (C=O) groups excluding carboxylic acids is 1.